The lowest BCUT2D eigenvalue weighted by Gasteiger charge is -2.22. The van der Waals surface area contributed by atoms with Gasteiger partial charge in [-0.15, -0.1) is 0 Å². The molecule has 28 heavy (non-hydrogen) atoms. The third kappa shape index (κ3) is 4.34. The number of rotatable bonds is 6. The number of nitrogens with zero attached hydrogens (tertiary/aromatic N) is 1. The molecule has 146 valence electrons. The average molecular weight is 401 g/mol. The van der Waals surface area contributed by atoms with E-state index in [1.165, 1.54) is 13.3 Å². The quantitative estimate of drug-likeness (QED) is 0.457. The summed E-state index contributed by atoms with van der Waals surface area (Å²) in [6.45, 7) is 0. The summed E-state index contributed by atoms with van der Waals surface area (Å²) in [4.78, 5) is 28.8. The molecule has 0 bridgehead atoms. The molecule has 0 saturated heterocycles. The predicted molar refractivity (Wildman–Crippen MR) is 105 cm³/mol. The van der Waals surface area contributed by atoms with E-state index in [-0.39, 0.29) is 29.0 Å². The standard InChI is InChI=1S/C21H21ClN2O4/c1-27-16-9-6-13(7-10-16)18(21(26)28-2)14-5-8-15(12-14)24-20(25)17-4-3-11-23-19(17)22/h3-11,14-15,18H,12H2,1-2H3,(H,24,25). The molecule has 0 fully saturated rings. The number of allylic oxidation sites excluding steroid dienone is 1. The first-order valence-corrected chi connectivity index (χ1v) is 9.22. The summed E-state index contributed by atoms with van der Waals surface area (Å²) < 4.78 is 10.2. The van der Waals surface area contributed by atoms with E-state index in [0.717, 1.165) is 5.56 Å². The van der Waals surface area contributed by atoms with Gasteiger partial charge in [-0.25, -0.2) is 4.98 Å². The molecule has 1 amide bonds. The zero-order valence-electron chi connectivity index (χ0n) is 15.6. The number of halogens is 1. The van der Waals surface area contributed by atoms with Gasteiger partial charge in [-0.2, -0.15) is 0 Å². The third-order valence-electron chi connectivity index (χ3n) is 4.80. The van der Waals surface area contributed by atoms with Gasteiger partial charge in [0.1, 0.15) is 10.9 Å². The topological polar surface area (TPSA) is 77.5 Å². The summed E-state index contributed by atoms with van der Waals surface area (Å²) in [7, 11) is 2.97. The van der Waals surface area contributed by atoms with Crippen LogP contribution in [-0.2, 0) is 9.53 Å². The van der Waals surface area contributed by atoms with Crippen LogP contribution < -0.4 is 10.1 Å². The monoisotopic (exact) mass is 400 g/mol. The lowest BCUT2D eigenvalue weighted by Crippen LogP contribution is -2.34. The molecule has 1 N–H and O–H groups in total. The Labute approximate surface area is 168 Å². The fraction of sp³-hybridized carbons (Fsp3) is 0.286. The minimum Gasteiger partial charge on any atom is -0.497 e. The maximum Gasteiger partial charge on any atom is 0.313 e. The number of carbonyl (C=O) groups is 2. The maximum atomic E-state index is 12.5. The second-order valence-electron chi connectivity index (χ2n) is 6.48. The van der Waals surface area contributed by atoms with Crippen LogP contribution in [0.3, 0.4) is 0 Å². The van der Waals surface area contributed by atoms with E-state index >= 15 is 0 Å². The van der Waals surface area contributed by atoms with Crippen molar-refractivity contribution in [1.29, 1.82) is 0 Å². The zero-order valence-corrected chi connectivity index (χ0v) is 16.3. The van der Waals surface area contributed by atoms with Crippen LogP contribution in [0.1, 0.15) is 28.3 Å². The number of carbonyl (C=O) groups excluding carboxylic acids is 2. The van der Waals surface area contributed by atoms with Gasteiger partial charge >= 0.3 is 5.97 Å². The van der Waals surface area contributed by atoms with Crippen molar-refractivity contribution >= 4 is 23.5 Å². The van der Waals surface area contributed by atoms with Crippen molar-refractivity contribution in [2.24, 2.45) is 5.92 Å². The number of nitrogens with one attached hydrogen (secondary N) is 1. The molecule has 1 aliphatic rings. The molecule has 3 atom stereocenters. The van der Waals surface area contributed by atoms with Gasteiger partial charge in [0.2, 0.25) is 0 Å². The number of amides is 1. The van der Waals surface area contributed by atoms with E-state index in [9.17, 15) is 9.59 Å². The zero-order chi connectivity index (χ0) is 20.1. The highest BCUT2D eigenvalue weighted by atomic mass is 35.5. The van der Waals surface area contributed by atoms with Crippen molar-refractivity contribution in [2.45, 2.75) is 18.4 Å². The number of aromatic nitrogens is 1. The molecular weight excluding hydrogens is 380 g/mol. The van der Waals surface area contributed by atoms with Crippen LogP contribution in [0.25, 0.3) is 0 Å². The number of esters is 1. The second-order valence-corrected chi connectivity index (χ2v) is 6.84. The Morgan fingerprint density at radius 1 is 1.18 bits per heavy atom. The molecule has 1 aromatic heterocycles. The molecule has 0 aliphatic heterocycles. The summed E-state index contributed by atoms with van der Waals surface area (Å²) in [6, 6.07) is 10.4. The number of ether oxygens (including phenoxy) is 2. The summed E-state index contributed by atoms with van der Waals surface area (Å²) in [5, 5.41) is 3.08. The predicted octanol–water partition coefficient (Wildman–Crippen LogP) is 3.37. The summed E-state index contributed by atoms with van der Waals surface area (Å²) in [6.07, 6.45) is 5.95. The van der Waals surface area contributed by atoms with E-state index in [0.29, 0.717) is 17.7 Å². The molecule has 2 aromatic rings. The van der Waals surface area contributed by atoms with E-state index in [2.05, 4.69) is 10.3 Å². The smallest absolute Gasteiger partial charge is 0.313 e. The number of hydrogen-bond donors (Lipinski definition) is 1. The third-order valence-corrected chi connectivity index (χ3v) is 5.10. The Morgan fingerprint density at radius 2 is 1.93 bits per heavy atom. The molecule has 6 nitrogen and oxygen atoms in total. The van der Waals surface area contributed by atoms with Crippen LogP contribution in [0.15, 0.2) is 54.7 Å². The van der Waals surface area contributed by atoms with Gasteiger partial charge in [-0.1, -0.05) is 35.9 Å². The molecule has 7 heteroatoms. The van der Waals surface area contributed by atoms with Crippen LogP contribution in [0.5, 0.6) is 5.75 Å². The minimum atomic E-state index is -0.462. The highest BCUT2D eigenvalue weighted by molar-refractivity contribution is 6.32. The normalized spacial score (nSPS) is 19.1. The Bertz CT molecular complexity index is 882. The Kier molecular flexibility index (Phi) is 6.31. The largest absolute Gasteiger partial charge is 0.497 e. The van der Waals surface area contributed by atoms with Gasteiger partial charge in [0, 0.05) is 12.2 Å². The van der Waals surface area contributed by atoms with E-state index in [1.54, 1.807) is 19.2 Å². The van der Waals surface area contributed by atoms with Crippen LogP contribution in [0, 0.1) is 5.92 Å². The molecule has 3 rings (SSSR count). The van der Waals surface area contributed by atoms with Gasteiger partial charge in [0.25, 0.3) is 5.91 Å². The average Bonchev–Trinajstić information content (AvgIpc) is 3.16. The van der Waals surface area contributed by atoms with Crippen molar-refractivity contribution in [3.8, 4) is 5.75 Å². The fourth-order valence-electron chi connectivity index (χ4n) is 3.38. The van der Waals surface area contributed by atoms with Crippen LogP contribution in [0.2, 0.25) is 5.15 Å². The first kappa shape index (κ1) is 19.9. The minimum absolute atomic E-state index is 0.101. The summed E-state index contributed by atoms with van der Waals surface area (Å²) in [5.74, 6) is -0.464. The molecule has 1 heterocycles. The molecule has 1 aliphatic carbocycles. The lowest BCUT2D eigenvalue weighted by molar-refractivity contribution is -0.143. The summed E-state index contributed by atoms with van der Waals surface area (Å²) in [5.41, 5.74) is 1.16. The van der Waals surface area contributed by atoms with Crippen molar-refractivity contribution in [3.05, 3.63) is 71.0 Å². The van der Waals surface area contributed by atoms with Crippen molar-refractivity contribution in [2.75, 3.05) is 14.2 Å². The van der Waals surface area contributed by atoms with E-state index in [4.69, 9.17) is 21.1 Å². The van der Waals surface area contributed by atoms with Crippen LogP contribution in [0.4, 0.5) is 0 Å². The number of hydrogen-bond acceptors (Lipinski definition) is 5. The van der Waals surface area contributed by atoms with Gasteiger partial charge in [-0.3, -0.25) is 9.59 Å². The maximum absolute atomic E-state index is 12.5. The van der Waals surface area contributed by atoms with Crippen molar-refractivity contribution in [1.82, 2.24) is 10.3 Å². The second kappa shape index (κ2) is 8.89. The lowest BCUT2D eigenvalue weighted by atomic mass is 9.85. The molecule has 3 unspecified atom stereocenters. The molecule has 0 saturated carbocycles. The number of pyridine rings is 1. The van der Waals surface area contributed by atoms with Crippen LogP contribution in [-0.4, -0.2) is 37.1 Å². The van der Waals surface area contributed by atoms with Crippen LogP contribution >= 0.6 is 11.6 Å². The van der Waals surface area contributed by atoms with Crippen molar-refractivity contribution < 1.29 is 19.1 Å². The highest BCUT2D eigenvalue weighted by Gasteiger charge is 2.34. The Morgan fingerprint density at radius 3 is 2.57 bits per heavy atom. The van der Waals surface area contributed by atoms with E-state index in [1.807, 2.05) is 36.4 Å². The van der Waals surface area contributed by atoms with Gasteiger partial charge in [0.05, 0.1) is 25.7 Å². The molecule has 0 spiro atoms. The van der Waals surface area contributed by atoms with Gasteiger partial charge in [0.15, 0.2) is 0 Å². The first-order chi connectivity index (χ1) is 13.5. The number of benzene rings is 1. The SMILES string of the molecule is COC(=O)C(c1ccc(OC)cc1)C1C=CC(NC(=O)c2cccnc2Cl)C1. The summed E-state index contributed by atoms with van der Waals surface area (Å²) >= 11 is 5.99. The Balaban J connectivity index is 1.72. The van der Waals surface area contributed by atoms with E-state index < -0.39 is 5.92 Å². The molecule has 1 aromatic carbocycles. The first-order valence-electron chi connectivity index (χ1n) is 8.85. The van der Waals surface area contributed by atoms with Gasteiger partial charge in [-0.05, 0) is 42.2 Å². The fourth-order valence-corrected chi connectivity index (χ4v) is 3.58. The van der Waals surface area contributed by atoms with Gasteiger partial charge < -0.3 is 14.8 Å². The highest BCUT2D eigenvalue weighted by Crippen LogP contribution is 2.35. The molecule has 0 radical (unpaired) electrons. The molecular formula is C21H21ClN2O4. The van der Waals surface area contributed by atoms with Crippen molar-refractivity contribution in [3.63, 3.8) is 0 Å². The Hall–Kier alpha value is -2.86. The number of methoxy groups -OCH3 is 2.